The number of rotatable bonds is 1. The van der Waals surface area contributed by atoms with Gasteiger partial charge < -0.3 is 8.98 Å². The van der Waals surface area contributed by atoms with Crippen molar-refractivity contribution in [3.05, 3.63) is 138 Å². The van der Waals surface area contributed by atoms with E-state index < -0.39 is 0 Å². The van der Waals surface area contributed by atoms with Gasteiger partial charge in [-0.05, 0) is 75.3 Å². The van der Waals surface area contributed by atoms with Crippen LogP contribution >= 0.6 is 0 Å². The Morgan fingerprint density at radius 2 is 1.18 bits per heavy atom. The number of hydrogen-bond donors (Lipinski definition) is 0. The van der Waals surface area contributed by atoms with E-state index >= 15 is 0 Å². The van der Waals surface area contributed by atoms with Crippen LogP contribution in [0.5, 0.6) is 0 Å². The van der Waals surface area contributed by atoms with Crippen molar-refractivity contribution in [1.29, 1.82) is 0 Å². The zero-order chi connectivity index (χ0) is 29.5. The standard InChI is InChI=1S/C42H31NO/c1-41(2)30-19-11-8-17-26(30)37-39(41)38-35(36-27-18-10-13-21-34(27)44-40(36)37)29-22-28-25-16-9-12-20-32(25)43(24-14-6-5-7-15-24)33(28)23-31(29)42(38,3)4/h5-23H,1-4H3. The van der Waals surface area contributed by atoms with Gasteiger partial charge in [0.1, 0.15) is 11.2 Å². The number of para-hydroxylation sites is 3. The Labute approximate surface area is 256 Å². The lowest BCUT2D eigenvalue weighted by molar-refractivity contribution is 0.600. The first-order valence-corrected chi connectivity index (χ1v) is 15.6. The average Bonchev–Trinajstić information content (AvgIpc) is 3.71. The highest BCUT2D eigenvalue weighted by atomic mass is 16.3. The molecule has 0 saturated carbocycles. The number of furan rings is 1. The summed E-state index contributed by atoms with van der Waals surface area (Å²) in [6.45, 7) is 9.68. The zero-order valence-corrected chi connectivity index (χ0v) is 25.3. The van der Waals surface area contributed by atoms with E-state index in [1.807, 2.05) is 0 Å². The summed E-state index contributed by atoms with van der Waals surface area (Å²) < 4.78 is 9.31. The lowest BCUT2D eigenvalue weighted by atomic mass is 9.72. The number of nitrogens with zero attached hydrogens (tertiary/aromatic N) is 1. The van der Waals surface area contributed by atoms with Gasteiger partial charge in [0.15, 0.2) is 0 Å². The second-order valence-electron chi connectivity index (χ2n) is 13.7. The Bertz CT molecular complexity index is 2540. The number of fused-ring (bicyclic) bond motifs is 15. The Morgan fingerprint density at radius 1 is 0.523 bits per heavy atom. The van der Waals surface area contributed by atoms with Crippen LogP contribution in [-0.4, -0.2) is 4.57 Å². The van der Waals surface area contributed by atoms with Crippen LogP contribution in [0.15, 0.2) is 120 Å². The van der Waals surface area contributed by atoms with Crippen molar-refractivity contribution in [2.24, 2.45) is 0 Å². The normalized spacial score (nSPS) is 15.6. The molecule has 2 heteroatoms. The second kappa shape index (κ2) is 7.89. The third-order valence-corrected chi connectivity index (χ3v) is 10.7. The van der Waals surface area contributed by atoms with Crippen LogP contribution in [0.1, 0.15) is 49.9 Å². The topological polar surface area (TPSA) is 18.1 Å². The van der Waals surface area contributed by atoms with E-state index in [1.54, 1.807) is 0 Å². The molecule has 0 N–H and O–H groups in total. The zero-order valence-electron chi connectivity index (χ0n) is 25.3. The van der Waals surface area contributed by atoms with Gasteiger partial charge in [0, 0.05) is 43.6 Å². The predicted molar refractivity (Wildman–Crippen MR) is 183 cm³/mol. The van der Waals surface area contributed by atoms with E-state index in [0.29, 0.717) is 0 Å². The first-order chi connectivity index (χ1) is 21.4. The number of benzene rings is 6. The Hall–Kier alpha value is -5.08. The first-order valence-electron chi connectivity index (χ1n) is 15.6. The monoisotopic (exact) mass is 565 g/mol. The molecule has 44 heavy (non-hydrogen) atoms. The molecule has 210 valence electrons. The van der Waals surface area contributed by atoms with Gasteiger partial charge in [0.05, 0.1) is 11.0 Å². The van der Waals surface area contributed by atoms with Gasteiger partial charge >= 0.3 is 0 Å². The van der Waals surface area contributed by atoms with Crippen LogP contribution in [0, 0.1) is 0 Å². The molecule has 2 aromatic heterocycles. The summed E-state index contributed by atoms with van der Waals surface area (Å²) in [5.41, 5.74) is 16.2. The van der Waals surface area contributed by atoms with Gasteiger partial charge in [-0.15, -0.1) is 0 Å². The molecule has 0 atom stereocenters. The van der Waals surface area contributed by atoms with Crippen LogP contribution in [0.2, 0.25) is 0 Å². The average molecular weight is 566 g/mol. The van der Waals surface area contributed by atoms with Crippen molar-refractivity contribution in [2.45, 2.75) is 38.5 Å². The summed E-state index contributed by atoms with van der Waals surface area (Å²) in [7, 11) is 0. The second-order valence-corrected chi connectivity index (χ2v) is 13.7. The molecule has 0 unspecified atom stereocenters. The molecule has 0 aliphatic heterocycles. The summed E-state index contributed by atoms with van der Waals surface area (Å²) in [4.78, 5) is 0. The molecular weight excluding hydrogens is 534 g/mol. The minimum atomic E-state index is -0.215. The highest BCUT2D eigenvalue weighted by Gasteiger charge is 2.48. The maximum absolute atomic E-state index is 6.87. The maximum atomic E-state index is 6.87. The van der Waals surface area contributed by atoms with Gasteiger partial charge in [-0.3, -0.25) is 0 Å². The SMILES string of the molecule is CC1(C)c2ccccc2-c2c1c1c(c3c2oc2ccccc23)-c2cc3c4ccccc4n(-c4ccccc4)c3cc2C1(C)C. The smallest absolute Gasteiger partial charge is 0.144 e. The lowest BCUT2D eigenvalue weighted by Gasteiger charge is -2.31. The Balaban J connectivity index is 1.43. The highest BCUT2D eigenvalue weighted by Crippen LogP contribution is 2.63. The van der Waals surface area contributed by atoms with Crippen LogP contribution in [0.4, 0.5) is 0 Å². The van der Waals surface area contributed by atoms with Crippen molar-refractivity contribution in [1.82, 2.24) is 4.57 Å². The van der Waals surface area contributed by atoms with Crippen molar-refractivity contribution >= 4 is 43.7 Å². The molecule has 2 nitrogen and oxygen atoms in total. The molecular formula is C42H31NO. The van der Waals surface area contributed by atoms with Crippen LogP contribution < -0.4 is 0 Å². The molecule has 0 amide bonds. The molecule has 2 heterocycles. The van der Waals surface area contributed by atoms with Gasteiger partial charge in [-0.1, -0.05) is 107 Å². The van der Waals surface area contributed by atoms with Gasteiger partial charge in [0.2, 0.25) is 0 Å². The fourth-order valence-corrected chi connectivity index (χ4v) is 8.84. The quantitative estimate of drug-likeness (QED) is 0.194. The maximum Gasteiger partial charge on any atom is 0.144 e. The Morgan fingerprint density at radius 3 is 2.02 bits per heavy atom. The van der Waals surface area contributed by atoms with Crippen molar-refractivity contribution in [3.8, 4) is 27.9 Å². The fraction of sp³-hybridized carbons (Fsp3) is 0.143. The summed E-state index contributed by atoms with van der Waals surface area (Å²) in [6.07, 6.45) is 0. The molecule has 0 saturated heterocycles. The molecule has 0 fully saturated rings. The molecule has 8 aromatic rings. The third-order valence-electron chi connectivity index (χ3n) is 10.7. The van der Waals surface area contributed by atoms with Gasteiger partial charge in [-0.2, -0.15) is 0 Å². The van der Waals surface area contributed by atoms with E-state index in [2.05, 4.69) is 148 Å². The minimum absolute atomic E-state index is 0.159. The van der Waals surface area contributed by atoms with Crippen molar-refractivity contribution in [3.63, 3.8) is 0 Å². The largest absolute Gasteiger partial charge is 0.455 e. The predicted octanol–water partition coefficient (Wildman–Crippen LogP) is 11.3. The molecule has 2 aliphatic carbocycles. The van der Waals surface area contributed by atoms with Gasteiger partial charge in [-0.25, -0.2) is 0 Å². The van der Waals surface area contributed by atoms with Gasteiger partial charge in [0.25, 0.3) is 0 Å². The molecule has 10 rings (SSSR count). The van der Waals surface area contributed by atoms with Crippen molar-refractivity contribution < 1.29 is 4.42 Å². The highest BCUT2D eigenvalue weighted by molar-refractivity contribution is 6.22. The van der Waals surface area contributed by atoms with Crippen LogP contribution in [-0.2, 0) is 10.8 Å². The Kier molecular flexibility index (Phi) is 4.37. The van der Waals surface area contributed by atoms with E-state index in [1.165, 1.54) is 82.8 Å². The van der Waals surface area contributed by atoms with E-state index in [9.17, 15) is 0 Å². The number of hydrogen-bond acceptors (Lipinski definition) is 1. The fourth-order valence-electron chi connectivity index (χ4n) is 8.84. The molecule has 2 aliphatic rings. The lowest BCUT2D eigenvalue weighted by Crippen LogP contribution is -2.24. The summed E-state index contributed by atoms with van der Waals surface area (Å²) >= 11 is 0. The third kappa shape index (κ3) is 2.74. The van der Waals surface area contributed by atoms with E-state index in [0.717, 1.165) is 11.2 Å². The van der Waals surface area contributed by atoms with E-state index in [-0.39, 0.29) is 10.8 Å². The van der Waals surface area contributed by atoms with Crippen LogP contribution in [0.3, 0.4) is 0 Å². The number of aromatic nitrogens is 1. The molecule has 0 radical (unpaired) electrons. The summed E-state index contributed by atoms with van der Waals surface area (Å²) in [6, 6.07) is 42.2. The molecule has 0 spiro atoms. The van der Waals surface area contributed by atoms with Crippen molar-refractivity contribution in [2.75, 3.05) is 0 Å². The first kappa shape index (κ1) is 24.4. The molecule has 6 aromatic carbocycles. The summed E-state index contributed by atoms with van der Waals surface area (Å²) in [5, 5.41) is 5.01. The summed E-state index contributed by atoms with van der Waals surface area (Å²) in [5.74, 6) is 0. The van der Waals surface area contributed by atoms with Crippen LogP contribution in [0.25, 0.3) is 71.7 Å². The molecule has 0 bridgehead atoms. The van der Waals surface area contributed by atoms with E-state index in [4.69, 9.17) is 4.42 Å². The minimum Gasteiger partial charge on any atom is -0.455 e.